The summed E-state index contributed by atoms with van der Waals surface area (Å²) in [5.74, 6) is 1.05. The summed E-state index contributed by atoms with van der Waals surface area (Å²) < 4.78 is 16.6. The first-order valence-corrected chi connectivity index (χ1v) is 14.7. The van der Waals surface area contributed by atoms with Crippen LogP contribution in [0.1, 0.15) is 55.9 Å². The Morgan fingerprint density at radius 1 is 1.12 bits per heavy atom. The first-order chi connectivity index (χ1) is 19.6. The van der Waals surface area contributed by atoms with E-state index in [0.717, 1.165) is 43.4 Å². The van der Waals surface area contributed by atoms with E-state index in [-0.39, 0.29) is 30.5 Å². The van der Waals surface area contributed by atoms with Gasteiger partial charge in [0.2, 0.25) is 17.6 Å². The molecule has 1 aliphatic carbocycles. The summed E-state index contributed by atoms with van der Waals surface area (Å²) in [6, 6.07) is 8.51. The first kappa shape index (κ1) is 28.0. The third kappa shape index (κ3) is 6.61. The molecule has 1 N–H and O–H groups in total. The Bertz CT molecular complexity index is 1270. The van der Waals surface area contributed by atoms with Crippen LogP contribution in [-0.2, 0) is 20.9 Å². The molecule has 1 saturated carbocycles. The number of methoxy groups -OCH3 is 2. The van der Waals surface area contributed by atoms with Crippen LogP contribution in [0.25, 0.3) is 11.4 Å². The Balaban J connectivity index is 1.38. The molecule has 2 fully saturated rings. The van der Waals surface area contributed by atoms with Crippen LogP contribution in [0.2, 0.25) is 0 Å². The fourth-order valence-corrected chi connectivity index (χ4v) is 6.20. The molecule has 40 heavy (non-hydrogen) atoms. The maximum atomic E-state index is 13.9. The summed E-state index contributed by atoms with van der Waals surface area (Å²) in [7, 11) is 3.13. The topological polar surface area (TPSA) is 121 Å². The number of hydrogen-bond donors (Lipinski definition) is 1. The molecule has 1 aromatic carbocycles. The molecule has 0 unspecified atom stereocenters. The highest BCUT2D eigenvalue weighted by molar-refractivity contribution is 7.10. The van der Waals surface area contributed by atoms with Gasteiger partial charge in [0.1, 0.15) is 12.6 Å². The molecule has 3 aromatic rings. The molecule has 214 valence electrons. The molecule has 0 spiro atoms. The van der Waals surface area contributed by atoms with Gasteiger partial charge in [-0.05, 0) is 60.5 Å². The zero-order valence-corrected chi connectivity index (χ0v) is 23.8. The van der Waals surface area contributed by atoms with Crippen molar-refractivity contribution in [3.63, 3.8) is 0 Å². The highest BCUT2D eigenvalue weighted by Gasteiger charge is 2.36. The summed E-state index contributed by atoms with van der Waals surface area (Å²) >= 11 is 1.47. The number of hydrogen-bond acceptors (Lipinski definition) is 9. The first-order valence-electron chi connectivity index (χ1n) is 13.8. The van der Waals surface area contributed by atoms with E-state index in [9.17, 15) is 9.59 Å². The van der Waals surface area contributed by atoms with Crippen LogP contribution in [0.4, 0.5) is 0 Å². The zero-order valence-electron chi connectivity index (χ0n) is 23.0. The molecule has 2 amide bonds. The van der Waals surface area contributed by atoms with Crippen molar-refractivity contribution < 1.29 is 23.8 Å². The van der Waals surface area contributed by atoms with Gasteiger partial charge in [0.15, 0.2) is 11.5 Å². The molecular formula is C28H36N6O5S. The highest BCUT2D eigenvalue weighted by atomic mass is 32.1. The second kappa shape index (κ2) is 13.2. The lowest BCUT2D eigenvalue weighted by atomic mass is 9.95. The van der Waals surface area contributed by atoms with Crippen LogP contribution < -0.4 is 14.8 Å². The third-order valence-electron chi connectivity index (χ3n) is 7.44. The fourth-order valence-electron chi connectivity index (χ4n) is 5.37. The number of carbonyl (C=O) groups is 2. The Morgan fingerprint density at radius 3 is 2.65 bits per heavy atom. The van der Waals surface area contributed by atoms with E-state index in [2.05, 4.69) is 20.7 Å². The third-order valence-corrected chi connectivity index (χ3v) is 8.36. The Kier molecular flexibility index (Phi) is 9.27. The number of nitrogens with zero attached hydrogens (tertiary/aromatic N) is 5. The molecule has 0 bridgehead atoms. The summed E-state index contributed by atoms with van der Waals surface area (Å²) in [5.41, 5.74) is 0.677. The molecule has 2 aliphatic rings. The lowest BCUT2D eigenvalue weighted by molar-refractivity contribution is -0.143. The van der Waals surface area contributed by atoms with Crippen molar-refractivity contribution >= 4 is 23.2 Å². The molecule has 11 nitrogen and oxygen atoms in total. The number of aromatic nitrogens is 4. The number of carbonyl (C=O) groups excluding carboxylic acids is 2. The Labute approximate surface area is 237 Å². The van der Waals surface area contributed by atoms with Gasteiger partial charge in [-0.15, -0.1) is 21.5 Å². The maximum absolute atomic E-state index is 13.9. The minimum Gasteiger partial charge on any atom is -0.493 e. The van der Waals surface area contributed by atoms with E-state index >= 15 is 0 Å². The van der Waals surface area contributed by atoms with Crippen LogP contribution >= 0.6 is 11.3 Å². The number of thiophene rings is 1. The van der Waals surface area contributed by atoms with Crippen molar-refractivity contribution in [2.45, 2.75) is 69.7 Å². The van der Waals surface area contributed by atoms with Gasteiger partial charge < -0.3 is 24.4 Å². The van der Waals surface area contributed by atoms with Crippen molar-refractivity contribution in [1.29, 1.82) is 0 Å². The number of nitrogens with one attached hydrogen (secondary N) is 1. The fraction of sp³-hybridized carbons (Fsp3) is 0.536. The van der Waals surface area contributed by atoms with Crippen molar-refractivity contribution in [2.24, 2.45) is 0 Å². The average Bonchev–Trinajstić information content (AvgIpc) is 3.77. The predicted octanol–water partition coefficient (Wildman–Crippen LogP) is 3.62. The summed E-state index contributed by atoms with van der Waals surface area (Å²) in [6.07, 6.45) is 6.98. The van der Waals surface area contributed by atoms with E-state index in [1.165, 1.54) is 22.6 Å². The van der Waals surface area contributed by atoms with Gasteiger partial charge in [-0.25, -0.2) is 0 Å². The van der Waals surface area contributed by atoms with E-state index in [1.54, 1.807) is 37.3 Å². The largest absolute Gasteiger partial charge is 0.493 e. The normalized spacial score (nSPS) is 18.3. The number of tetrazole rings is 1. The second-order valence-electron chi connectivity index (χ2n) is 10.2. The van der Waals surface area contributed by atoms with Crippen LogP contribution in [0.5, 0.6) is 11.5 Å². The number of rotatable bonds is 11. The molecule has 2 atom stereocenters. The standard InChI is InChI=1S/C28H36N6O5S/c1-37-22-13-12-19(16-23(22)38-2)27-30-32-34(31-27)18-25(35)33(17-21-10-6-14-39-21)26(24-11-7-15-40-24)28(36)29-20-8-4-3-5-9-20/h7,11-13,15-16,20-21,26H,3-6,8-10,14,17-18H2,1-2H3,(H,29,36)/t21-,26-/m1/s1. The molecule has 12 heteroatoms. The van der Waals surface area contributed by atoms with Gasteiger partial charge in [0.25, 0.3) is 0 Å². The molecule has 5 rings (SSSR count). The van der Waals surface area contributed by atoms with E-state index in [1.807, 2.05) is 17.5 Å². The van der Waals surface area contributed by atoms with Crippen LogP contribution in [0.3, 0.4) is 0 Å². The summed E-state index contributed by atoms with van der Waals surface area (Å²) in [5, 5.41) is 17.9. The Morgan fingerprint density at radius 2 is 1.95 bits per heavy atom. The molecule has 2 aromatic heterocycles. The molecule has 0 radical (unpaired) electrons. The van der Waals surface area contributed by atoms with Gasteiger partial charge >= 0.3 is 0 Å². The lowest BCUT2D eigenvalue weighted by Gasteiger charge is -2.33. The van der Waals surface area contributed by atoms with E-state index < -0.39 is 6.04 Å². The monoisotopic (exact) mass is 568 g/mol. The second-order valence-corrected chi connectivity index (χ2v) is 11.1. The minimum absolute atomic E-state index is 0.125. The molecule has 1 saturated heterocycles. The smallest absolute Gasteiger partial charge is 0.248 e. The predicted molar refractivity (Wildman–Crippen MR) is 149 cm³/mol. The van der Waals surface area contributed by atoms with Gasteiger partial charge in [0, 0.05) is 29.6 Å². The summed E-state index contributed by atoms with van der Waals surface area (Å²) in [4.78, 5) is 31.4. The molecule has 1 aliphatic heterocycles. The molecule has 3 heterocycles. The Hall–Kier alpha value is -3.51. The highest BCUT2D eigenvalue weighted by Crippen LogP contribution is 2.31. The van der Waals surface area contributed by atoms with Crippen molar-refractivity contribution in [3.05, 3.63) is 40.6 Å². The number of benzene rings is 1. The SMILES string of the molecule is COc1ccc(-c2nnn(CC(=O)N(C[C@H]3CCCO3)[C@@H](C(=O)NC3CCCCC3)c3cccs3)n2)cc1OC. The quantitative estimate of drug-likeness (QED) is 0.372. The average molecular weight is 569 g/mol. The minimum atomic E-state index is -0.757. The van der Waals surface area contributed by atoms with Crippen molar-refractivity contribution in [2.75, 3.05) is 27.4 Å². The van der Waals surface area contributed by atoms with Crippen LogP contribution in [-0.4, -0.2) is 76.4 Å². The van der Waals surface area contributed by atoms with Crippen molar-refractivity contribution in [1.82, 2.24) is 30.4 Å². The van der Waals surface area contributed by atoms with Crippen LogP contribution in [0.15, 0.2) is 35.7 Å². The van der Waals surface area contributed by atoms with E-state index in [4.69, 9.17) is 14.2 Å². The summed E-state index contributed by atoms with van der Waals surface area (Å²) in [6.45, 7) is 0.812. The van der Waals surface area contributed by atoms with E-state index in [0.29, 0.717) is 36.0 Å². The van der Waals surface area contributed by atoms with Crippen molar-refractivity contribution in [3.8, 4) is 22.9 Å². The van der Waals surface area contributed by atoms with Gasteiger partial charge in [-0.1, -0.05) is 25.3 Å². The van der Waals surface area contributed by atoms with Gasteiger partial charge in [-0.2, -0.15) is 4.80 Å². The lowest BCUT2D eigenvalue weighted by Crippen LogP contribution is -2.49. The number of ether oxygens (including phenoxy) is 3. The maximum Gasteiger partial charge on any atom is 0.248 e. The molecular weight excluding hydrogens is 532 g/mol. The van der Waals surface area contributed by atoms with Gasteiger partial charge in [-0.3, -0.25) is 9.59 Å². The van der Waals surface area contributed by atoms with Crippen LogP contribution in [0, 0.1) is 0 Å². The van der Waals surface area contributed by atoms with Gasteiger partial charge in [0.05, 0.1) is 20.3 Å². The number of amides is 2. The zero-order chi connectivity index (χ0) is 27.9.